The predicted molar refractivity (Wildman–Crippen MR) is 93.2 cm³/mol. The predicted octanol–water partition coefficient (Wildman–Crippen LogP) is 2.81. The number of aromatic nitrogens is 6. The van der Waals surface area contributed by atoms with Crippen molar-refractivity contribution in [2.75, 3.05) is 12.4 Å². The second-order valence-electron chi connectivity index (χ2n) is 5.47. The molecule has 0 radical (unpaired) electrons. The van der Waals surface area contributed by atoms with Gasteiger partial charge < -0.3 is 5.32 Å². The van der Waals surface area contributed by atoms with Crippen molar-refractivity contribution in [1.29, 1.82) is 0 Å². The van der Waals surface area contributed by atoms with Gasteiger partial charge in [-0.1, -0.05) is 6.92 Å². The summed E-state index contributed by atoms with van der Waals surface area (Å²) < 4.78 is 1.76. The lowest BCUT2D eigenvalue weighted by Crippen LogP contribution is -2.00. The minimum atomic E-state index is 0.570. The van der Waals surface area contributed by atoms with Crippen molar-refractivity contribution in [1.82, 2.24) is 29.9 Å². The Morgan fingerprint density at radius 2 is 2.17 bits per heavy atom. The molecule has 0 bridgehead atoms. The minimum Gasteiger partial charge on any atom is -0.388 e. The normalized spacial score (nSPS) is 11.1. The van der Waals surface area contributed by atoms with Crippen LogP contribution in [0.25, 0.3) is 28.2 Å². The molecule has 24 heavy (non-hydrogen) atoms. The third-order valence-electron chi connectivity index (χ3n) is 3.98. The molecular weight excluding hydrogens is 302 g/mol. The van der Waals surface area contributed by atoms with E-state index in [-0.39, 0.29) is 0 Å². The fourth-order valence-corrected chi connectivity index (χ4v) is 2.60. The summed E-state index contributed by atoms with van der Waals surface area (Å²) in [6.45, 7) is 2.10. The zero-order valence-electron chi connectivity index (χ0n) is 13.5. The van der Waals surface area contributed by atoms with E-state index in [9.17, 15) is 0 Å². The Kier molecular flexibility index (Phi) is 3.45. The molecule has 0 saturated heterocycles. The fraction of sp³-hybridized carbons (Fsp3) is 0.176. The monoisotopic (exact) mass is 319 g/mol. The summed E-state index contributed by atoms with van der Waals surface area (Å²) >= 11 is 0. The standard InChI is InChI=1S/C17H17N7/c1-3-11-9-20-24(10-11)15-6-7-19-17(21-15)16-13-8-12(18-2)4-5-14(13)22-23-16/h4-10,18H,3H2,1-2H3,(H,22,23). The molecule has 2 N–H and O–H groups in total. The third-order valence-corrected chi connectivity index (χ3v) is 3.98. The van der Waals surface area contributed by atoms with Crippen molar-refractivity contribution >= 4 is 16.6 Å². The zero-order valence-corrected chi connectivity index (χ0v) is 13.5. The summed E-state index contributed by atoms with van der Waals surface area (Å²) in [6, 6.07) is 7.86. The van der Waals surface area contributed by atoms with E-state index in [1.54, 1.807) is 10.9 Å². The first-order chi connectivity index (χ1) is 11.8. The number of rotatable bonds is 4. The minimum absolute atomic E-state index is 0.570. The Hall–Kier alpha value is -3.22. The lowest BCUT2D eigenvalue weighted by molar-refractivity contribution is 0.840. The van der Waals surface area contributed by atoms with E-state index in [4.69, 9.17) is 0 Å². The maximum Gasteiger partial charge on any atom is 0.182 e. The number of aryl methyl sites for hydroxylation is 1. The molecule has 0 amide bonds. The van der Waals surface area contributed by atoms with Crippen molar-refractivity contribution in [3.63, 3.8) is 0 Å². The van der Waals surface area contributed by atoms with Crippen molar-refractivity contribution in [3.05, 3.63) is 48.4 Å². The van der Waals surface area contributed by atoms with Crippen LogP contribution in [0.1, 0.15) is 12.5 Å². The number of fused-ring (bicyclic) bond motifs is 1. The Morgan fingerprint density at radius 1 is 1.25 bits per heavy atom. The van der Waals surface area contributed by atoms with Gasteiger partial charge in [-0.15, -0.1) is 0 Å². The summed E-state index contributed by atoms with van der Waals surface area (Å²) in [5.74, 6) is 1.29. The summed E-state index contributed by atoms with van der Waals surface area (Å²) in [5, 5.41) is 15.9. The Balaban J connectivity index is 1.81. The first-order valence-electron chi connectivity index (χ1n) is 7.81. The number of hydrogen-bond acceptors (Lipinski definition) is 5. The summed E-state index contributed by atoms with van der Waals surface area (Å²) in [7, 11) is 1.89. The number of benzene rings is 1. The van der Waals surface area contributed by atoms with Crippen LogP contribution in [0, 0.1) is 0 Å². The van der Waals surface area contributed by atoms with E-state index < -0.39 is 0 Å². The summed E-state index contributed by atoms with van der Waals surface area (Å²) in [4.78, 5) is 9.01. The molecule has 7 nitrogen and oxygen atoms in total. The molecule has 1 aromatic carbocycles. The highest BCUT2D eigenvalue weighted by molar-refractivity contribution is 5.93. The van der Waals surface area contributed by atoms with Gasteiger partial charge in [0.25, 0.3) is 0 Å². The number of hydrogen-bond donors (Lipinski definition) is 2. The fourth-order valence-electron chi connectivity index (χ4n) is 2.60. The van der Waals surface area contributed by atoms with Gasteiger partial charge in [0.2, 0.25) is 0 Å². The molecule has 3 aromatic heterocycles. The van der Waals surface area contributed by atoms with E-state index in [0.29, 0.717) is 5.82 Å². The van der Waals surface area contributed by atoms with Crippen LogP contribution in [0.15, 0.2) is 42.9 Å². The number of anilines is 1. The zero-order chi connectivity index (χ0) is 16.5. The average Bonchev–Trinajstić information content (AvgIpc) is 3.28. The van der Waals surface area contributed by atoms with Crippen LogP contribution in [-0.2, 0) is 6.42 Å². The highest BCUT2D eigenvalue weighted by atomic mass is 15.3. The van der Waals surface area contributed by atoms with E-state index in [0.717, 1.165) is 34.5 Å². The number of aromatic amines is 1. The van der Waals surface area contributed by atoms with Crippen LogP contribution in [-0.4, -0.2) is 37.0 Å². The molecule has 120 valence electrons. The SMILES string of the molecule is CCc1cnn(-c2ccnc(-c3n[nH]c4ccc(NC)cc34)n2)c1. The van der Waals surface area contributed by atoms with Crippen LogP contribution in [0.2, 0.25) is 0 Å². The molecule has 0 fully saturated rings. The third kappa shape index (κ3) is 2.40. The van der Waals surface area contributed by atoms with E-state index >= 15 is 0 Å². The Morgan fingerprint density at radius 3 is 2.96 bits per heavy atom. The molecule has 0 spiro atoms. The van der Waals surface area contributed by atoms with Gasteiger partial charge in [-0.3, -0.25) is 5.10 Å². The second-order valence-corrected chi connectivity index (χ2v) is 5.47. The molecule has 0 saturated carbocycles. The smallest absolute Gasteiger partial charge is 0.182 e. The van der Waals surface area contributed by atoms with Gasteiger partial charge in [0, 0.05) is 36.6 Å². The highest BCUT2D eigenvalue weighted by Crippen LogP contribution is 2.26. The van der Waals surface area contributed by atoms with Crippen molar-refractivity contribution in [3.8, 4) is 17.3 Å². The van der Waals surface area contributed by atoms with Crippen LogP contribution in [0.5, 0.6) is 0 Å². The Bertz CT molecular complexity index is 999. The molecule has 0 atom stereocenters. The molecule has 4 rings (SSSR count). The average molecular weight is 319 g/mol. The number of nitrogens with zero attached hydrogens (tertiary/aromatic N) is 5. The van der Waals surface area contributed by atoms with Crippen LogP contribution >= 0.6 is 0 Å². The molecule has 0 aliphatic rings. The molecule has 0 aliphatic carbocycles. The lowest BCUT2D eigenvalue weighted by Gasteiger charge is -2.03. The largest absolute Gasteiger partial charge is 0.388 e. The quantitative estimate of drug-likeness (QED) is 0.604. The van der Waals surface area contributed by atoms with Crippen LogP contribution in [0.3, 0.4) is 0 Å². The topological polar surface area (TPSA) is 84.3 Å². The Labute approximate surface area is 138 Å². The second kappa shape index (κ2) is 5.77. The molecule has 0 unspecified atom stereocenters. The molecule has 3 heterocycles. The van der Waals surface area contributed by atoms with Crippen molar-refractivity contribution in [2.45, 2.75) is 13.3 Å². The highest BCUT2D eigenvalue weighted by Gasteiger charge is 2.13. The first-order valence-corrected chi connectivity index (χ1v) is 7.81. The van der Waals surface area contributed by atoms with E-state index in [1.807, 2.05) is 43.7 Å². The van der Waals surface area contributed by atoms with E-state index in [2.05, 4.69) is 37.5 Å². The van der Waals surface area contributed by atoms with Gasteiger partial charge in [0.15, 0.2) is 11.6 Å². The maximum atomic E-state index is 4.63. The van der Waals surface area contributed by atoms with Crippen LogP contribution < -0.4 is 5.32 Å². The van der Waals surface area contributed by atoms with Crippen molar-refractivity contribution in [2.24, 2.45) is 0 Å². The van der Waals surface area contributed by atoms with Gasteiger partial charge in [-0.25, -0.2) is 14.6 Å². The summed E-state index contributed by atoms with van der Waals surface area (Å²) in [6.07, 6.45) is 6.50. The molecule has 7 heteroatoms. The van der Waals surface area contributed by atoms with Crippen LogP contribution in [0.4, 0.5) is 5.69 Å². The number of nitrogens with one attached hydrogen (secondary N) is 2. The summed E-state index contributed by atoms with van der Waals surface area (Å²) in [5.41, 5.74) is 3.86. The molecular formula is C17H17N7. The van der Waals surface area contributed by atoms with Gasteiger partial charge in [-0.05, 0) is 30.2 Å². The van der Waals surface area contributed by atoms with E-state index in [1.165, 1.54) is 5.56 Å². The van der Waals surface area contributed by atoms with Gasteiger partial charge >= 0.3 is 0 Å². The van der Waals surface area contributed by atoms with Crippen molar-refractivity contribution < 1.29 is 0 Å². The lowest BCUT2D eigenvalue weighted by atomic mass is 10.2. The molecule has 4 aromatic rings. The van der Waals surface area contributed by atoms with Gasteiger partial charge in [0.1, 0.15) is 5.69 Å². The molecule has 0 aliphatic heterocycles. The van der Waals surface area contributed by atoms with Gasteiger partial charge in [-0.2, -0.15) is 10.2 Å². The maximum absolute atomic E-state index is 4.63. The first kappa shape index (κ1) is 14.4. The number of H-pyrrole nitrogens is 1. The van der Waals surface area contributed by atoms with Gasteiger partial charge in [0.05, 0.1) is 11.7 Å².